The fourth-order valence-corrected chi connectivity index (χ4v) is 1.79. The molecule has 0 aliphatic carbocycles. The summed E-state index contributed by atoms with van der Waals surface area (Å²) in [6.45, 7) is 1.43. The van der Waals surface area contributed by atoms with Crippen LogP contribution in [0.2, 0.25) is 10.0 Å². The summed E-state index contributed by atoms with van der Waals surface area (Å²) in [6.07, 6.45) is 3.37. The van der Waals surface area contributed by atoms with Crippen LogP contribution in [0.5, 0.6) is 0 Å². The molecule has 0 fully saturated rings. The molecule has 0 saturated carbocycles. The molecule has 0 saturated heterocycles. The SMILES string of the molecule is Clc1ccc(Cl)c(CNCc2ccoc2)c1. The maximum Gasteiger partial charge on any atom is 0.0947 e. The van der Waals surface area contributed by atoms with Crippen LogP contribution in [0, 0.1) is 0 Å². The van der Waals surface area contributed by atoms with E-state index in [1.54, 1.807) is 24.7 Å². The highest BCUT2D eigenvalue weighted by molar-refractivity contribution is 6.33. The van der Waals surface area contributed by atoms with Crippen LogP contribution in [0.3, 0.4) is 0 Å². The molecule has 1 N–H and O–H groups in total. The molecule has 0 aliphatic rings. The summed E-state index contributed by atoms with van der Waals surface area (Å²) in [5.41, 5.74) is 2.11. The van der Waals surface area contributed by atoms with Crippen molar-refractivity contribution in [2.24, 2.45) is 0 Å². The predicted molar refractivity (Wildman–Crippen MR) is 65.7 cm³/mol. The summed E-state index contributed by atoms with van der Waals surface area (Å²) in [5.74, 6) is 0. The molecule has 0 amide bonds. The van der Waals surface area contributed by atoms with Gasteiger partial charge in [0.05, 0.1) is 12.5 Å². The third-order valence-electron chi connectivity index (χ3n) is 2.23. The summed E-state index contributed by atoms with van der Waals surface area (Å²) in [4.78, 5) is 0. The van der Waals surface area contributed by atoms with Gasteiger partial charge in [-0.1, -0.05) is 23.2 Å². The van der Waals surface area contributed by atoms with Crippen LogP contribution in [0.25, 0.3) is 0 Å². The largest absolute Gasteiger partial charge is 0.472 e. The fraction of sp³-hybridized carbons (Fsp3) is 0.167. The molecule has 0 unspecified atom stereocenters. The number of nitrogens with one attached hydrogen (secondary N) is 1. The van der Waals surface area contributed by atoms with Gasteiger partial charge in [-0.05, 0) is 29.8 Å². The van der Waals surface area contributed by atoms with Gasteiger partial charge in [0.1, 0.15) is 0 Å². The molecule has 1 aromatic heterocycles. The highest BCUT2D eigenvalue weighted by Crippen LogP contribution is 2.20. The zero-order valence-corrected chi connectivity index (χ0v) is 10.1. The molecule has 4 heteroatoms. The van der Waals surface area contributed by atoms with Crippen molar-refractivity contribution in [3.05, 3.63) is 58.0 Å². The summed E-state index contributed by atoms with van der Waals surface area (Å²) >= 11 is 11.9. The van der Waals surface area contributed by atoms with Gasteiger partial charge >= 0.3 is 0 Å². The lowest BCUT2D eigenvalue weighted by atomic mass is 10.2. The van der Waals surface area contributed by atoms with Gasteiger partial charge in [0.25, 0.3) is 0 Å². The van der Waals surface area contributed by atoms with Crippen molar-refractivity contribution in [1.29, 1.82) is 0 Å². The standard InChI is InChI=1S/C12H11Cl2NO/c13-11-1-2-12(14)10(5-11)7-15-6-9-3-4-16-8-9/h1-5,8,15H,6-7H2. The summed E-state index contributed by atoms with van der Waals surface area (Å²) in [6, 6.07) is 7.38. The Morgan fingerprint density at radius 1 is 1.12 bits per heavy atom. The average Bonchev–Trinajstić information content (AvgIpc) is 2.76. The minimum atomic E-state index is 0.685. The van der Waals surface area contributed by atoms with Crippen molar-refractivity contribution in [2.75, 3.05) is 0 Å². The highest BCUT2D eigenvalue weighted by atomic mass is 35.5. The lowest BCUT2D eigenvalue weighted by Crippen LogP contribution is -2.12. The number of hydrogen-bond acceptors (Lipinski definition) is 2. The Bertz CT molecular complexity index is 454. The van der Waals surface area contributed by atoms with Crippen molar-refractivity contribution in [2.45, 2.75) is 13.1 Å². The Kier molecular flexibility index (Phi) is 3.88. The number of rotatable bonds is 4. The molecular formula is C12H11Cl2NO. The van der Waals surface area contributed by atoms with E-state index in [4.69, 9.17) is 27.6 Å². The smallest absolute Gasteiger partial charge is 0.0947 e. The van der Waals surface area contributed by atoms with E-state index >= 15 is 0 Å². The topological polar surface area (TPSA) is 25.2 Å². The van der Waals surface area contributed by atoms with E-state index in [2.05, 4.69) is 5.32 Å². The molecule has 1 aromatic carbocycles. The van der Waals surface area contributed by atoms with Crippen LogP contribution in [-0.2, 0) is 13.1 Å². The lowest BCUT2D eigenvalue weighted by molar-refractivity contribution is 0.560. The Hall–Kier alpha value is -0.960. The number of halogens is 2. The van der Waals surface area contributed by atoms with E-state index in [9.17, 15) is 0 Å². The molecule has 1 heterocycles. The first-order chi connectivity index (χ1) is 7.75. The minimum Gasteiger partial charge on any atom is -0.472 e. The molecule has 84 valence electrons. The van der Waals surface area contributed by atoms with Gasteiger partial charge in [-0.25, -0.2) is 0 Å². The number of furan rings is 1. The zero-order valence-electron chi connectivity index (χ0n) is 8.54. The van der Waals surface area contributed by atoms with Crippen LogP contribution in [0.4, 0.5) is 0 Å². The maximum atomic E-state index is 6.04. The van der Waals surface area contributed by atoms with E-state index in [1.807, 2.05) is 12.1 Å². The van der Waals surface area contributed by atoms with Gasteiger partial charge in [-0.3, -0.25) is 0 Å². The molecule has 2 aromatic rings. The minimum absolute atomic E-state index is 0.685. The van der Waals surface area contributed by atoms with Crippen LogP contribution in [-0.4, -0.2) is 0 Å². The quantitative estimate of drug-likeness (QED) is 0.898. The van der Waals surface area contributed by atoms with E-state index in [-0.39, 0.29) is 0 Å². The second kappa shape index (κ2) is 5.39. The zero-order chi connectivity index (χ0) is 11.4. The Morgan fingerprint density at radius 3 is 2.75 bits per heavy atom. The van der Waals surface area contributed by atoms with Gasteiger partial charge in [-0.2, -0.15) is 0 Å². The third kappa shape index (κ3) is 3.01. The average molecular weight is 256 g/mol. The first-order valence-electron chi connectivity index (χ1n) is 4.91. The van der Waals surface area contributed by atoms with Crippen molar-refractivity contribution in [3.63, 3.8) is 0 Å². The van der Waals surface area contributed by atoms with Crippen molar-refractivity contribution >= 4 is 23.2 Å². The first-order valence-corrected chi connectivity index (χ1v) is 5.67. The highest BCUT2D eigenvalue weighted by Gasteiger charge is 2.01. The van der Waals surface area contributed by atoms with E-state index in [1.165, 1.54) is 0 Å². The van der Waals surface area contributed by atoms with Gasteiger partial charge in [0, 0.05) is 28.7 Å². The molecular weight excluding hydrogens is 245 g/mol. The molecule has 0 aliphatic heterocycles. The molecule has 0 bridgehead atoms. The van der Waals surface area contributed by atoms with E-state index < -0.39 is 0 Å². The second-order valence-electron chi connectivity index (χ2n) is 3.47. The van der Waals surface area contributed by atoms with Crippen LogP contribution in [0.1, 0.15) is 11.1 Å². The van der Waals surface area contributed by atoms with E-state index in [0.29, 0.717) is 11.6 Å². The van der Waals surface area contributed by atoms with Crippen molar-refractivity contribution in [3.8, 4) is 0 Å². The Balaban J connectivity index is 1.92. The second-order valence-corrected chi connectivity index (χ2v) is 4.31. The summed E-state index contributed by atoms with van der Waals surface area (Å²) < 4.78 is 4.97. The molecule has 16 heavy (non-hydrogen) atoms. The van der Waals surface area contributed by atoms with Gasteiger partial charge in [0.2, 0.25) is 0 Å². The molecule has 0 atom stereocenters. The fourth-order valence-electron chi connectivity index (χ4n) is 1.41. The predicted octanol–water partition coefficient (Wildman–Crippen LogP) is 3.88. The summed E-state index contributed by atoms with van der Waals surface area (Å²) in [5, 5.41) is 4.69. The van der Waals surface area contributed by atoms with Gasteiger partial charge < -0.3 is 9.73 Å². The monoisotopic (exact) mass is 255 g/mol. The first kappa shape index (κ1) is 11.5. The third-order valence-corrected chi connectivity index (χ3v) is 2.84. The van der Waals surface area contributed by atoms with E-state index in [0.717, 1.165) is 22.7 Å². The van der Waals surface area contributed by atoms with Gasteiger partial charge in [0.15, 0.2) is 0 Å². The van der Waals surface area contributed by atoms with Gasteiger partial charge in [-0.15, -0.1) is 0 Å². The number of hydrogen-bond donors (Lipinski definition) is 1. The Morgan fingerprint density at radius 2 is 2.00 bits per heavy atom. The Labute approximate surface area is 104 Å². The van der Waals surface area contributed by atoms with Crippen LogP contribution >= 0.6 is 23.2 Å². The summed E-state index contributed by atoms with van der Waals surface area (Å²) in [7, 11) is 0. The van der Waals surface area contributed by atoms with Crippen LogP contribution in [0.15, 0.2) is 41.2 Å². The molecule has 2 rings (SSSR count). The maximum absolute atomic E-state index is 6.04. The normalized spacial score (nSPS) is 10.6. The van der Waals surface area contributed by atoms with Crippen molar-refractivity contribution in [1.82, 2.24) is 5.32 Å². The molecule has 0 spiro atoms. The molecule has 2 nitrogen and oxygen atoms in total. The molecule has 0 radical (unpaired) electrons. The number of benzene rings is 1. The lowest BCUT2D eigenvalue weighted by Gasteiger charge is -2.06. The van der Waals surface area contributed by atoms with Crippen molar-refractivity contribution < 1.29 is 4.42 Å². The van der Waals surface area contributed by atoms with Crippen LogP contribution < -0.4 is 5.32 Å².